The minimum Gasteiger partial charge on any atom is -0.529 e. The number of para-hydroxylation sites is 4. The van der Waals surface area contributed by atoms with E-state index in [0.29, 0.717) is 0 Å². The Morgan fingerprint density at radius 1 is 0.550 bits per heavy atom. The molecule has 0 aromatic heterocycles. The van der Waals surface area contributed by atoms with Crippen LogP contribution in [0, 0.1) is 11.4 Å². The fourth-order valence-electron chi connectivity index (χ4n) is 11.1. The molecule has 60 heavy (non-hydrogen) atoms. The molecule has 0 amide bonds. The second-order valence-corrected chi connectivity index (χ2v) is 23.2. The van der Waals surface area contributed by atoms with Gasteiger partial charge < -0.3 is 9.71 Å². The monoisotopic (exact) mass is 815 g/mol. The van der Waals surface area contributed by atoms with Crippen LogP contribution in [-0.4, -0.2) is 57.6 Å². The summed E-state index contributed by atoms with van der Waals surface area (Å²) in [5.41, 5.74) is 24.4. The lowest BCUT2D eigenvalue weighted by molar-refractivity contribution is -0.427. The summed E-state index contributed by atoms with van der Waals surface area (Å²) in [6.07, 6.45) is 7.56. The first-order valence-corrected chi connectivity index (χ1v) is 27.4. The number of anilines is 3. The van der Waals surface area contributed by atoms with E-state index in [4.69, 9.17) is 0 Å². The molecule has 0 bridgehead atoms. The van der Waals surface area contributed by atoms with E-state index in [-0.39, 0.29) is 6.71 Å². The van der Waals surface area contributed by atoms with Crippen LogP contribution in [0.25, 0.3) is 0 Å². The number of benzene rings is 4. The van der Waals surface area contributed by atoms with E-state index >= 15 is 0 Å². The number of amidine groups is 1. The van der Waals surface area contributed by atoms with Crippen molar-refractivity contribution in [1.29, 1.82) is 0 Å². The molecule has 0 unspecified atom stereocenters. The summed E-state index contributed by atoms with van der Waals surface area (Å²) < 4.78 is 2.79. The third-order valence-electron chi connectivity index (χ3n) is 13.9. The molecule has 1 saturated heterocycles. The first-order valence-electron chi connectivity index (χ1n) is 23.9. The topological polar surface area (TPSA) is 12.7 Å². The van der Waals surface area contributed by atoms with Gasteiger partial charge in [0.2, 0.25) is 5.73 Å². The van der Waals surface area contributed by atoms with Crippen molar-refractivity contribution >= 4 is 49.6 Å². The summed E-state index contributed by atoms with van der Waals surface area (Å²) in [6.45, 7) is 30.1. The zero-order valence-corrected chi connectivity index (χ0v) is 40.1. The third-order valence-corrected chi connectivity index (χ3v) is 14.8. The van der Waals surface area contributed by atoms with E-state index < -0.39 is 14.4 Å². The van der Waals surface area contributed by atoms with Gasteiger partial charge in [0.25, 0.3) is 6.71 Å². The highest BCUT2D eigenvalue weighted by Crippen LogP contribution is 2.47. The Hall–Kier alpha value is -4.40. The van der Waals surface area contributed by atoms with Crippen molar-refractivity contribution in [1.82, 2.24) is 0 Å². The average molecular weight is 815 g/mol. The second kappa shape index (κ2) is 18.3. The summed E-state index contributed by atoms with van der Waals surface area (Å²) >= 11 is 0. The number of rotatable bonds is 13. The van der Waals surface area contributed by atoms with Crippen LogP contribution >= 0.6 is 0 Å². The predicted molar refractivity (Wildman–Crippen MR) is 268 cm³/mol. The molecule has 1 atom stereocenters. The Balaban J connectivity index is 1.60. The maximum atomic E-state index is 4.36. The first-order chi connectivity index (χ1) is 29.0. The Kier molecular flexibility index (Phi) is 13.3. The molecule has 314 valence electrons. The van der Waals surface area contributed by atoms with Gasteiger partial charge in [0.15, 0.2) is 6.28 Å². The molecule has 0 saturated carbocycles. The lowest BCUT2D eigenvalue weighted by Gasteiger charge is -2.58. The molecule has 0 aliphatic carbocycles. The Labute approximate surface area is 366 Å². The summed E-state index contributed by atoms with van der Waals surface area (Å²) in [5, 5.41) is 0. The summed E-state index contributed by atoms with van der Waals surface area (Å²) in [4.78, 5) is 8.49. The minimum absolute atomic E-state index is 0.170. The zero-order valence-electron chi connectivity index (χ0n) is 39.1. The molecule has 7 heteroatoms. The van der Waals surface area contributed by atoms with Gasteiger partial charge in [0, 0.05) is 17.9 Å². The molecule has 4 aromatic carbocycles. The number of nitrogens with zero attached hydrogens (tertiary/aromatic N) is 4. The van der Waals surface area contributed by atoms with Gasteiger partial charge in [-0.05, 0) is 102 Å². The second-order valence-electron chi connectivity index (χ2n) is 18.5. The molecule has 4 aromatic rings. The number of aryl methyl sites for hydroxylation is 8. The summed E-state index contributed by atoms with van der Waals surface area (Å²) in [6, 6.07) is 28.2. The number of fused-ring (bicyclic) bond motifs is 1. The minimum atomic E-state index is -1.80. The smallest absolute Gasteiger partial charge is 0.275 e. The van der Waals surface area contributed by atoms with E-state index in [0.717, 1.165) is 83.8 Å². The predicted octanol–water partition coefficient (Wildman–Crippen LogP) is 11.7. The third kappa shape index (κ3) is 7.83. The van der Waals surface area contributed by atoms with Crippen LogP contribution in [0.4, 0.5) is 22.7 Å². The zero-order chi connectivity index (χ0) is 42.8. The van der Waals surface area contributed by atoms with Crippen LogP contribution in [0.2, 0.25) is 25.9 Å². The highest BCUT2D eigenvalue weighted by Gasteiger charge is 2.53. The van der Waals surface area contributed by atoms with Crippen molar-refractivity contribution in [2.45, 2.75) is 133 Å². The van der Waals surface area contributed by atoms with Crippen LogP contribution in [0.15, 0.2) is 84.4 Å². The van der Waals surface area contributed by atoms with E-state index in [1.54, 1.807) is 0 Å². The molecule has 0 spiro atoms. The van der Waals surface area contributed by atoms with Crippen LogP contribution in [-0.2, 0) is 51.4 Å². The van der Waals surface area contributed by atoms with Crippen LogP contribution in [0.3, 0.4) is 0 Å². The number of hydrogen-bond acceptors (Lipinski definition) is 3. The highest BCUT2D eigenvalue weighted by atomic mass is 28.3. The van der Waals surface area contributed by atoms with Crippen LogP contribution < -0.4 is 14.6 Å². The Morgan fingerprint density at radius 2 is 0.967 bits per heavy atom. The van der Waals surface area contributed by atoms with Gasteiger partial charge in [0.05, 0.1) is 0 Å². The first kappa shape index (κ1) is 43.7. The van der Waals surface area contributed by atoms with Crippen molar-refractivity contribution in [3.05, 3.63) is 129 Å². The molecular weight excluding hydrogens is 742 g/mol. The largest absolute Gasteiger partial charge is 0.529 e. The quantitative estimate of drug-likeness (QED) is 0.0758. The maximum Gasteiger partial charge on any atom is 0.275 e. The normalized spacial score (nSPS) is 17.9. The van der Waals surface area contributed by atoms with Gasteiger partial charge in [-0.25, -0.2) is 9.48 Å². The molecule has 3 aliphatic rings. The molecule has 0 radical (unpaired) electrons. The molecular formula is C53H72B2N4Si. The molecule has 0 N–H and O–H groups in total. The van der Waals surface area contributed by atoms with Gasteiger partial charge in [0.1, 0.15) is 32.5 Å². The summed E-state index contributed by atoms with van der Waals surface area (Å²) in [7, 11) is -1.80. The van der Waals surface area contributed by atoms with Gasteiger partial charge in [-0.15, -0.1) is 17.8 Å². The van der Waals surface area contributed by atoms with Gasteiger partial charge in [-0.3, -0.25) is 5.82 Å². The van der Waals surface area contributed by atoms with Crippen molar-refractivity contribution in [3.8, 4) is 11.4 Å². The van der Waals surface area contributed by atoms with E-state index in [2.05, 4.69) is 184 Å². The molecule has 3 heterocycles. The standard InChI is InChI=1S/C53H72B2N4Si/c1-12-40-24-20-25-41(13-2)49(40)56-35-36-59(52-46(18-7)30-23-31-47(52)19-8)55(32-37-60(9,10)11)39-54(38-48(55)56)53-57(50-42(14-3)26-21-27-43(50)15-4)33-34-58(53)51-44(16-5)28-22-29-45(51)17-6/h20-31,38H,12-19,33-36,39H2,1-11H3/t55-/m0/s1. The highest BCUT2D eigenvalue weighted by molar-refractivity contribution is 7.15. The number of hydrogen-bond donors (Lipinski definition) is 0. The van der Waals surface area contributed by atoms with Crippen molar-refractivity contribution < 1.29 is 4.58 Å². The van der Waals surface area contributed by atoms with E-state index in [1.165, 1.54) is 78.6 Å². The van der Waals surface area contributed by atoms with Gasteiger partial charge in [-0.1, -0.05) is 148 Å². The van der Waals surface area contributed by atoms with Gasteiger partial charge in [-0.2, -0.15) is 5.54 Å². The maximum absolute atomic E-state index is 4.36. The van der Waals surface area contributed by atoms with Crippen molar-refractivity contribution in [2.75, 3.05) is 40.8 Å². The van der Waals surface area contributed by atoms with Crippen molar-refractivity contribution in [3.63, 3.8) is 0 Å². The van der Waals surface area contributed by atoms with Crippen molar-refractivity contribution in [2.24, 2.45) is 0 Å². The molecule has 4 nitrogen and oxygen atoms in total. The average Bonchev–Trinajstić information content (AvgIpc) is 3.89. The van der Waals surface area contributed by atoms with Crippen LogP contribution in [0.5, 0.6) is 0 Å². The Morgan fingerprint density at radius 3 is 1.40 bits per heavy atom. The van der Waals surface area contributed by atoms with E-state index in [9.17, 15) is 0 Å². The van der Waals surface area contributed by atoms with Gasteiger partial charge >= 0.3 is 0 Å². The lowest BCUT2D eigenvalue weighted by atomic mass is 9.23. The molecule has 7 rings (SSSR count). The lowest BCUT2D eigenvalue weighted by Crippen LogP contribution is -2.65. The fraction of sp³-hybridized carbons (Fsp3) is 0.453. The molecule has 3 aliphatic heterocycles. The Bertz CT molecular complexity index is 2260. The van der Waals surface area contributed by atoms with Crippen LogP contribution in [0.1, 0.15) is 99.9 Å². The summed E-state index contributed by atoms with van der Waals surface area (Å²) in [5.74, 6) is 7.12. The SMILES string of the molecule is CCc1cccc(CC)c1N1CCN(c2c(CC)cccc2CC)[B@@-]2(C#C[Si](C)(C)C)CB(C3=[N+](c4c(CC)cccc4CC)CCN3c3c(CC)cccc3CC)C=C12. The molecule has 1 fully saturated rings. The van der Waals surface area contributed by atoms with E-state index in [1.807, 2.05) is 0 Å². The fourth-order valence-corrected chi connectivity index (χ4v) is 11.8.